The van der Waals surface area contributed by atoms with Crippen LogP contribution in [-0.2, 0) is 4.74 Å². The summed E-state index contributed by atoms with van der Waals surface area (Å²) in [5, 5.41) is 6.67. The van der Waals surface area contributed by atoms with E-state index in [-0.39, 0.29) is 23.9 Å². The van der Waals surface area contributed by atoms with Crippen molar-refractivity contribution in [1.29, 1.82) is 0 Å². The van der Waals surface area contributed by atoms with Crippen LogP contribution in [0.25, 0.3) is 0 Å². The molecule has 0 aliphatic rings. The average molecular weight is 326 g/mol. The lowest BCUT2D eigenvalue weighted by atomic mass is 10.2. The summed E-state index contributed by atoms with van der Waals surface area (Å²) < 4.78 is 10.6. The first-order valence-corrected chi connectivity index (χ1v) is 6.36. The summed E-state index contributed by atoms with van der Waals surface area (Å²) in [7, 11) is 0. The predicted molar refractivity (Wildman–Crippen MR) is 74.3 cm³/mol. The molecule has 2 rings (SSSR count). The largest absolute Gasteiger partial charge is 0.462 e. The smallest absolute Gasteiger partial charge is 0.347 e. The van der Waals surface area contributed by atoms with E-state index < -0.39 is 5.97 Å². The second-order valence-electron chi connectivity index (χ2n) is 3.63. The van der Waals surface area contributed by atoms with Crippen LogP contribution in [0.4, 0.5) is 17.4 Å². The zero-order chi connectivity index (χ0) is 13.8. The van der Waals surface area contributed by atoms with Crippen LogP contribution in [0.3, 0.4) is 0 Å². The van der Waals surface area contributed by atoms with Crippen LogP contribution in [0, 0.1) is 0 Å². The Hall–Kier alpha value is -2.02. The summed E-state index contributed by atoms with van der Waals surface area (Å²) in [5.41, 5.74) is 6.42. The van der Waals surface area contributed by atoms with Crippen LogP contribution in [0.1, 0.15) is 17.3 Å². The van der Waals surface area contributed by atoms with Crippen molar-refractivity contribution >= 4 is 39.3 Å². The second-order valence-corrected chi connectivity index (χ2v) is 4.54. The van der Waals surface area contributed by atoms with Gasteiger partial charge >= 0.3 is 5.97 Å². The van der Waals surface area contributed by atoms with Gasteiger partial charge < -0.3 is 20.3 Å². The molecular weight excluding hydrogens is 314 g/mol. The fourth-order valence-electron chi connectivity index (χ4n) is 1.49. The van der Waals surface area contributed by atoms with Crippen LogP contribution < -0.4 is 11.1 Å². The zero-order valence-corrected chi connectivity index (χ0v) is 11.7. The first kappa shape index (κ1) is 13.4. The molecular formula is C12H12BrN3O3. The molecule has 3 N–H and O–H groups in total. The van der Waals surface area contributed by atoms with Gasteiger partial charge in [0.05, 0.1) is 6.61 Å². The fourth-order valence-corrected chi connectivity index (χ4v) is 1.89. The van der Waals surface area contributed by atoms with Gasteiger partial charge in [-0.2, -0.15) is 0 Å². The number of carbonyl (C=O) groups is 1. The first-order chi connectivity index (χ1) is 9.11. The Kier molecular flexibility index (Phi) is 4.06. The van der Waals surface area contributed by atoms with Crippen molar-refractivity contribution < 1.29 is 14.1 Å². The van der Waals surface area contributed by atoms with Gasteiger partial charge in [0.15, 0.2) is 11.4 Å². The van der Waals surface area contributed by atoms with E-state index in [2.05, 4.69) is 26.4 Å². The van der Waals surface area contributed by atoms with Crippen molar-refractivity contribution in [2.45, 2.75) is 6.92 Å². The molecule has 100 valence electrons. The number of esters is 1. The van der Waals surface area contributed by atoms with E-state index in [9.17, 15) is 4.79 Å². The summed E-state index contributed by atoms with van der Waals surface area (Å²) in [4.78, 5) is 11.8. The number of carbonyl (C=O) groups excluding carboxylic acids is 1. The molecule has 0 aliphatic heterocycles. The van der Waals surface area contributed by atoms with E-state index in [0.717, 1.165) is 10.2 Å². The minimum Gasteiger partial charge on any atom is -0.462 e. The van der Waals surface area contributed by atoms with Crippen LogP contribution in [0.15, 0.2) is 33.3 Å². The van der Waals surface area contributed by atoms with Gasteiger partial charge in [0, 0.05) is 10.2 Å². The Morgan fingerprint density at radius 2 is 2.37 bits per heavy atom. The molecule has 0 unspecified atom stereocenters. The van der Waals surface area contributed by atoms with Gasteiger partial charge in [-0.05, 0) is 25.1 Å². The molecule has 0 saturated heterocycles. The number of nitrogens with zero attached hydrogens (tertiary/aromatic N) is 1. The van der Waals surface area contributed by atoms with E-state index in [0.29, 0.717) is 0 Å². The quantitative estimate of drug-likeness (QED) is 0.840. The molecule has 0 fully saturated rings. The summed E-state index contributed by atoms with van der Waals surface area (Å²) in [6, 6.07) is 7.39. The molecule has 0 bridgehead atoms. The third kappa shape index (κ3) is 3.05. The maximum absolute atomic E-state index is 11.8. The Labute approximate surface area is 118 Å². The van der Waals surface area contributed by atoms with Gasteiger partial charge in [-0.25, -0.2) is 4.79 Å². The number of nitrogen functional groups attached to an aromatic ring is 1. The third-order valence-electron chi connectivity index (χ3n) is 2.29. The molecule has 7 heteroatoms. The number of hydrogen-bond acceptors (Lipinski definition) is 6. The van der Waals surface area contributed by atoms with Gasteiger partial charge in [-0.3, -0.25) is 0 Å². The Bertz CT molecular complexity index is 598. The van der Waals surface area contributed by atoms with Crippen molar-refractivity contribution in [3.8, 4) is 0 Å². The van der Waals surface area contributed by atoms with Crippen LogP contribution >= 0.6 is 15.9 Å². The predicted octanol–water partition coefficient (Wildman–Crippen LogP) is 2.94. The molecule has 0 radical (unpaired) electrons. The van der Waals surface area contributed by atoms with Gasteiger partial charge in [-0.15, -0.1) is 0 Å². The number of hydrogen-bond donors (Lipinski definition) is 2. The number of anilines is 3. The highest BCUT2D eigenvalue weighted by molar-refractivity contribution is 9.10. The second kappa shape index (κ2) is 5.75. The van der Waals surface area contributed by atoms with Crippen LogP contribution in [-0.4, -0.2) is 17.7 Å². The van der Waals surface area contributed by atoms with Crippen LogP contribution in [0.2, 0.25) is 0 Å². The Balaban J connectivity index is 2.28. The lowest BCUT2D eigenvalue weighted by Crippen LogP contribution is -2.08. The van der Waals surface area contributed by atoms with E-state index in [1.165, 1.54) is 0 Å². The monoisotopic (exact) mass is 325 g/mol. The number of benzene rings is 1. The van der Waals surface area contributed by atoms with E-state index in [1.807, 2.05) is 24.3 Å². The number of aromatic nitrogens is 1. The zero-order valence-electron chi connectivity index (χ0n) is 10.1. The molecule has 0 saturated carbocycles. The minimum atomic E-state index is -0.571. The first-order valence-electron chi connectivity index (χ1n) is 5.56. The molecule has 0 atom stereocenters. The number of nitrogens with one attached hydrogen (secondary N) is 1. The lowest BCUT2D eigenvalue weighted by Gasteiger charge is -2.05. The summed E-state index contributed by atoms with van der Waals surface area (Å²) in [6.45, 7) is 1.96. The Morgan fingerprint density at radius 3 is 3.05 bits per heavy atom. The SMILES string of the molecule is CCOC(=O)c1c(Nc2cccc(Br)c2)noc1N. The van der Waals surface area contributed by atoms with Crippen LogP contribution in [0.5, 0.6) is 0 Å². The highest BCUT2D eigenvalue weighted by Gasteiger charge is 2.22. The van der Waals surface area contributed by atoms with Crippen molar-refractivity contribution in [3.05, 3.63) is 34.3 Å². The van der Waals surface area contributed by atoms with Gasteiger partial charge in [0.1, 0.15) is 0 Å². The minimum absolute atomic E-state index is 0.0732. The fraction of sp³-hybridized carbons (Fsp3) is 0.167. The lowest BCUT2D eigenvalue weighted by molar-refractivity contribution is 0.0528. The standard InChI is InChI=1S/C12H12BrN3O3/c1-2-18-12(17)9-10(14)19-16-11(9)15-8-5-3-4-7(13)6-8/h3-6H,2,14H2,1H3,(H,15,16). The normalized spacial score (nSPS) is 10.2. The number of halogens is 1. The third-order valence-corrected chi connectivity index (χ3v) is 2.78. The summed E-state index contributed by atoms with van der Waals surface area (Å²) in [5.74, 6) is -0.413. The molecule has 0 spiro atoms. The molecule has 6 nitrogen and oxygen atoms in total. The van der Waals surface area contributed by atoms with E-state index in [1.54, 1.807) is 6.92 Å². The maximum Gasteiger partial charge on any atom is 0.347 e. The van der Waals surface area contributed by atoms with Gasteiger partial charge in [0.2, 0.25) is 5.88 Å². The average Bonchev–Trinajstić information content (AvgIpc) is 2.71. The highest BCUT2D eigenvalue weighted by Crippen LogP contribution is 2.26. The molecule has 1 aromatic heterocycles. The van der Waals surface area contributed by atoms with Crippen molar-refractivity contribution in [3.63, 3.8) is 0 Å². The topological polar surface area (TPSA) is 90.4 Å². The molecule has 19 heavy (non-hydrogen) atoms. The van der Waals surface area contributed by atoms with Gasteiger partial charge in [0.25, 0.3) is 0 Å². The maximum atomic E-state index is 11.8. The molecule has 1 aromatic carbocycles. The summed E-state index contributed by atoms with van der Waals surface area (Å²) >= 11 is 3.35. The number of ether oxygens (including phenoxy) is 1. The van der Waals surface area contributed by atoms with E-state index in [4.69, 9.17) is 15.0 Å². The van der Waals surface area contributed by atoms with Crippen molar-refractivity contribution in [1.82, 2.24) is 5.16 Å². The van der Waals surface area contributed by atoms with Crippen molar-refractivity contribution in [2.75, 3.05) is 17.7 Å². The molecule has 2 aromatic rings. The molecule has 0 aliphatic carbocycles. The van der Waals surface area contributed by atoms with Gasteiger partial charge in [-0.1, -0.05) is 27.2 Å². The molecule has 0 amide bonds. The van der Waals surface area contributed by atoms with E-state index >= 15 is 0 Å². The Morgan fingerprint density at radius 1 is 1.58 bits per heavy atom. The number of rotatable bonds is 4. The van der Waals surface area contributed by atoms with Crippen molar-refractivity contribution in [2.24, 2.45) is 0 Å². The number of nitrogens with two attached hydrogens (primary N) is 1. The highest BCUT2D eigenvalue weighted by atomic mass is 79.9. The molecule has 1 heterocycles. The summed E-state index contributed by atoms with van der Waals surface area (Å²) in [6.07, 6.45) is 0.